The molecule has 0 saturated carbocycles. The number of amides is 1. The number of carbonyl (C=O) groups excluding carboxylic acids is 2. The van der Waals surface area contributed by atoms with Crippen molar-refractivity contribution in [3.63, 3.8) is 0 Å². The number of anilines is 2. The number of hydrogen-bond donors (Lipinski definition) is 1. The van der Waals surface area contributed by atoms with E-state index in [1.165, 1.54) is 4.90 Å². The van der Waals surface area contributed by atoms with Crippen LogP contribution in [0.2, 0.25) is 0 Å². The number of likely N-dealkylation sites (N-methyl/N-ethyl adjacent to an activating group) is 1. The van der Waals surface area contributed by atoms with Crippen molar-refractivity contribution in [1.29, 1.82) is 0 Å². The van der Waals surface area contributed by atoms with Crippen molar-refractivity contribution in [3.05, 3.63) is 83.4 Å². The van der Waals surface area contributed by atoms with E-state index in [1.807, 2.05) is 42.3 Å². The molecule has 1 amide bonds. The number of aliphatic hydroxyl groups is 1. The summed E-state index contributed by atoms with van der Waals surface area (Å²) in [6, 6.07) is 18.7. The molecule has 0 aliphatic carbocycles. The van der Waals surface area contributed by atoms with Crippen molar-refractivity contribution < 1.29 is 28.9 Å². The number of nitrogens with zero attached hydrogens (tertiary/aromatic N) is 2. The van der Waals surface area contributed by atoms with Gasteiger partial charge in [0, 0.05) is 24.4 Å². The number of rotatable bonds is 3. The lowest BCUT2D eigenvalue weighted by atomic mass is 9.95. The highest BCUT2D eigenvalue weighted by Crippen LogP contribution is 2.45. The molecule has 35 heavy (non-hydrogen) atoms. The van der Waals surface area contributed by atoms with Crippen LogP contribution >= 0.6 is 0 Å². The van der Waals surface area contributed by atoms with Crippen molar-refractivity contribution in [2.24, 2.45) is 0 Å². The third-order valence-electron chi connectivity index (χ3n) is 6.52. The van der Waals surface area contributed by atoms with Crippen LogP contribution < -0.4 is 24.0 Å². The summed E-state index contributed by atoms with van der Waals surface area (Å²) in [4.78, 5) is 30.2. The van der Waals surface area contributed by atoms with Crippen LogP contribution in [-0.4, -0.2) is 43.8 Å². The first kappa shape index (κ1) is 21.1. The fourth-order valence-electron chi connectivity index (χ4n) is 4.74. The molecular formula is C27H22N2O6. The first-order valence-electron chi connectivity index (χ1n) is 11.3. The molecule has 1 unspecified atom stereocenters. The Morgan fingerprint density at radius 2 is 1.69 bits per heavy atom. The van der Waals surface area contributed by atoms with Crippen molar-refractivity contribution in [2.75, 3.05) is 36.8 Å². The summed E-state index contributed by atoms with van der Waals surface area (Å²) in [5.74, 6) is 0.0582. The summed E-state index contributed by atoms with van der Waals surface area (Å²) in [6.45, 7) is 1.37. The van der Waals surface area contributed by atoms with Crippen LogP contribution in [0.1, 0.15) is 17.2 Å². The maximum atomic E-state index is 13.4. The van der Waals surface area contributed by atoms with Crippen LogP contribution in [0.5, 0.6) is 17.2 Å². The lowest BCUT2D eigenvalue weighted by Gasteiger charge is -2.28. The zero-order chi connectivity index (χ0) is 24.1. The molecule has 1 saturated heterocycles. The summed E-state index contributed by atoms with van der Waals surface area (Å²) in [6.07, 6.45) is 0. The van der Waals surface area contributed by atoms with Gasteiger partial charge < -0.3 is 24.2 Å². The van der Waals surface area contributed by atoms with E-state index >= 15 is 0 Å². The molecule has 1 fully saturated rings. The molecule has 6 rings (SSSR count). The molecule has 0 spiro atoms. The monoisotopic (exact) mass is 470 g/mol. The molecule has 3 aliphatic rings. The van der Waals surface area contributed by atoms with Crippen LogP contribution in [-0.2, 0) is 9.59 Å². The molecule has 1 N–H and O–H groups in total. The number of carbonyl (C=O) groups is 2. The molecule has 3 aromatic carbocycles. The second-order valence-corrected chi connectivity index (χ2v) is 8.57. The highest BCUT2D eigenvalue weighted by Gasteiger charge is 2.47. The maximum Gasteiger partial charge on any atom is 0.300 e. The normalized spacial score (nSPS) is 20.1. The smallest absolute Gasteiger partial charge is 0.300 e. The van der Waals surface area contributed by atoms with Crippen LogP contribution in [0.4, 0.5) is 11.4 Å². The minimum Gasteiger partial charge on any atom is -0.507 e. The minimum absolute atomic E-state index is 0.0261. The Bertz CT molecular complexity index is 1380. The first-order chi connectivity index (χ1) is 17.0. The molecule has 8 heteroatoms. The van der Waals surface area contributed by atoms with E-state index < -0.39 is 17.7 Å². The van der Waals surface area contributed by atoms with Crippen LogP contribution in [0.25, 0.3) is 5.76 Å². The number of fused-ring (bicyclic) bond motifs is 2. The maximum absolute atomic E-state index is 13.4. The summed E-state index contributed by atoms with van der Waals surface area (Å²) in [7, 11) is 1.94. The number of benzene rings is 3. The zero-order valence-electron chi connectivity index (χ0n) is 18.9. The lowest BCUT2D eigenvalue weighted by molar-refractivity contribution is -0.132. The Morgan fingerprint density at radius 1 is 0.914 bits per heavy atom. The third kappa shape index (κ3) is 3.37. The van der Waals surface area contributed by atoms with E-state index in [-0.39, 0.29) is 18.1 Å². The Kier molecular flexibility index (Phi) is 4.88. The van der Waals surface area contributed by atoms with E-state index in [4.69, 9.17) is 14.2 Å². The molecule has 0 aromatic heterocycles. The second kappa shape index (κ2) is 8.09. The van der Waals surface area contributed by atoms with Gasteiger partial charge in [0.25, 0.3) is 11.7 Å². The number of hydrogen-bond acceptors (Lipinski definition) is 7. The summed E-state index contributed by atoms with van der Waals surface area (Å²) in [5, 5.41) is 11.4. The van der Waals surface area contributed by atoms with Gasteiger partial charge in [0.15, 0.2) is 11.5 Å². The van der Waals surface area contributed by atoms with Gasteiger partial charge in [0.1, 0.15) is 18.1 Å². The average molecular weight is 470 g/mol. The predicted octanol–water partition coefficient (Wildman–Crippen LogP) is 3.87. The molecule has 0 radical (unpaired) electrons. The molecular weight excluding hydrogens is 448 g/mol. The number of Topliss-reactive ketones (excluding diaryl/α,β-unsaturated/α-hetero) is 1. The fraction of sp³-hybridized carbons (Fsp3) is 0.185. The van der Waals surface area contributed by atoms with E-state index in [1.54, 1.807) is 36.4 Å². The van der Waals surface area contributed by atoms with Crippen LogP contribution in [0.15, 0.2) is 72.3 Å². The van der Waals surface area contributed by atoms with Crippen molar-refractivity contribution >= 4 is 28.8 Å². The van der Waals surface area contributed by atoms with Gasteiger partial charge in [-0.1, -0.05) is 30.3 Å². The van der Waals surface area contributed by atoms with E-state index in [2.05, 4.69) is 0 Å². The number of ether oxygens (including phenoxy) is 3. The average Bonchev–Trinajstić information content (AvgIpc) is 3.46. The molecule has 8 nitrogen and oxygen atoms in total. The zero-order valence-corrected chi connectivity index (χ0v) is 18.9. The van der Waals surface area contributed by atoms with Crippen LogP contribution in [0.3, 0.4) is 0 Å². The van der Waals surface area contributed by atoms with Gasteiger partial charge in [-0.15, -0.1) is 0 Å². The van der Waals surface area contributed by atoms with Gasteiger partial charge in [0.2, 0.25) is 6.79 Å². The SMILES string of the molecule is CN1CCOc2ccc(/C(O)=C3/C(=O)C(=O)N(c4ccc5c(c4)OCO5)C3c3ccccc3)cc21. The summed E-state index contributed by atoms with van der Waals surface area (Å²) < 4.78 is 16.6. The largest absolute Gasteiger partial charge is 0.507 e. The Hall–Kier alpha value is -4.46. The van der Waals surface area contributed by atoms with Gasteiger partial charge in [-0.2, -0.15) is 0 Å². The van der Waals surface area contributed by atoms with Crippen molar-refractivity contribution in [1.82, 2.24) is 0 Å². The predicted molar refractivity (Wildman–Crippen MR) is 129 cm³/mol. The lowest BCUT2D eigenvalue weighted by Crippen LogP contribution is -2.29. The molecule has 3 aromatic rings. The highest BCUT2D eigenvalue weighted by molar-refractivity contribution is 6.51. The van der Waals surface area contributed by atoms with Crippen molar-refractivity contribution in [3.8, 4) is 17.2 Å². The molecule has 176 valence electrons. The highest BCUT2D eigenvalue weighted by atomic mass is 16.7. The molecule has 0 bridgehead atoms. The van der Waals surface area contributed by atoms with Gasteiger partial charge in [-0.05, 0) is 35.9 Å². The number of aliphatic hydroxyl groups excluding tert-OH is 1. The van der Waals surface area contributed by atoms with E-state index in [9.17, 15) is 14.7 Å². The van der Waals surface area contributed by atoms with Gasteiger partial charge in [-0.25, -0.2) is 0 Å². The second-order valence-electron chi connectivity index (χ2n) is 8.57. The molecule has 3 aliphatic heterocycles. The quantitative estimate of drug-likeness (QED) is 0.353. The first-order valence-corrected chi connectivity index (χ1v) is 11.3. The minimum atomic E-state index is -0.818. The van der Waals surface area contributed by atoms with E-state index in [0.717, 1.165) is 5.69 Å². The topological polar surface area (TPSA) is 88.5 Å². The van der Waals surface area contributed by atoms with Crippen molar-refractivity contribution in [2.45, 2.75) is 6.04 Å². The van der Waals surface area contributed by atoms with E-state index in [0.29, 0.717) is 47.2 Å². The fourth-order valence-corrected chi connectivity index (χ4v) is 4.74. The third-order valence-corrected chi connectivity index (χ3v) is 6.52. The summed E-state index contributed by atoms with van der Waals surface area (Å²) in [5.41, 5.74) is 2.44. The Balaban J connectivity index is 1.51. The Labute approximate surface area is 201 Å². The number of ketones is 1. The molecule has 3 heterocycles. The van der Waals surface area contributed by atoms with Gasteiger partial charge in [-0.3, -0.25) is 14.5 Å². The summed E-state index contributed by atoms with van der Waals surface area (Å²) >= 11 is 0. The van der Waals surface area contributed by atoms with Gasteiger partial charge in [0.05, 0.1) is 23.8 Å². The van der Waals surface area contributed by atoms with Gasteiger partial charge >= 0.3 is 0 Å². The van der Waals surface area contributed by atoms with Crippen LogP contribution in [0, 0.1) is 0 Å². The standard InChI is InChI=1S/C27H22N2O6/c1-28-11-12-33-20-9-7-17(13-19(20)28)25(30)23-24(16-5-3-2-4-6-16)29(27(32)26(23)31)18-8-10-21-22(14-18)35-15-34-21/h2-10,13-14,24,30H,11-12,15H2,1H3/b25-23-. The molecule has 1 atom stereocenters. The Morgan fingerprint density at radius 3 is 2.51 bits per heavy atom.